The second-order valence-corrected chi connectivity index (χ2v) is 6.24. The number of rotatable bonds is 5. The van der Waals surface area contributed by atoms with Crippen molar-refractivity contribution < 1.29 is 18.7 Å². The Kier molecular flexibility index (Phi) is 5.91. The molecule has 0 heterocycles. The molecule has 3 rings (SSSR count). The Morgan fingerprint density at radius 1 is 0.893 bits per heavy atom. The molecule has 0 saturated carbocycles. The average Bonchev–Trinajstić information content (AvgIpc) is 2.70. The van der Waals surface area contributed by atoms with Crippen LogP contribution < -0.4 is 15.4 Å². The van der Waals surface area contributed by atoms with Crippen molar-refractivity contribution in [1.82, 2.24) is 0 Å². The SMILES string of the molecule is COc1ccc(F)cc1C(=O)Nc1ccccc1C(=O)Nc1ccc(Cl)cc1. The third-order valence-corrected chi connectivity index (χ3v) is 4.18. The maximum Gasteiger partial charge on any atom is 0.259 e. The van der Waals surface area contributed by atoms with Gasteiger partial charge in [-0.05, 0) is 54.6 Å². The fourth-order valence-corrected chi connectivity index (χ4v) is 2.70. The van der Waals surface area contributed by atoms with Gasteiger partial charge in [0, 0.05) is 10.7 Å². The second kappa shape index (κ2) is 8.54. The summed E-state index contributed by atoms with van der Waals surface area (Å²) in [5.74, 6) is -1.35. The van der Waals surface area contributed by atoms with Crippen LogP contribution in [0.2, 0.25) is 5.02 Å². The molecular formula is C21H16ClFN2O3. The maximum atomic E-state index is 13.6. The summed E-state index contributed by atoms with van der Waals surface area (Å²) in [7, 11) is 1.39. The van der Waals surface area contributed by atoms with Gasteiger partial charge in [0.05, 0.1) is 23.9 Å². The number of anilines is 2. The van der Waals surface area contributed by atoms with E-state index in [-0.39, 0.29) is 22.6 Å². The van der Waals surface area contributed by atoms with Crippen LogP contribution in [0.4, 0.5) is 15.8 Å². The fourth-order valence-electron chi connectivity index (χ4n) is 2.57. The Morgan fingerprint density at radius 3 is 2.29 bits per heavy atom. The summed E-state index contributed by atoms with van der Waals surface area (Å²) in [5.41, 5.74) is 1.11. The zero-order valence-electron chi connectivity index (χ0n) is 14.8. The lowest BCUT2D eigenvalue weighted by atomic mass is 10.1. The number of hydrogen-bond acceptors (Lipinski definition) is 3. The van der Waals surface area contributed by atoms with Gasteiger partial charge in [-0.3, -0.25) is 9.59 Å². The van der Waals surface area contributed by atoms with E-state index in [9.17, 15) is 14.0 Å². The molecule has 0 aliphatic heterocycles. The van der Waals surface area contributed by atoms with Crippen molar-refractivity contribution in [3.05, 3.63) is 88.7 Å². The molecule has 2 amide bonds. The van der Waals surface area contributed by atoms with Crippen LogP contribution in [0.1, 0.15) is 20.7 Å². The van der Waals surface area contributed by atoms with Crippen molar-refractivity contribution in [2.75, 3.05) is 17.7 Å². The highest BCUT2D eigenvalue weighted by Gasteiger charge is 2.17. The van der Waals surface area contributed by atoms with E-state index in [1.807, 2.05) is 0 Å². The highest BCUT2D eigenvalue weighted by molar-refractivity contribution is 6.30. The molecule has 3 aromatic rings. The predicted molar refractivity (Wildman–Crippen MR) is 107 cm³/mol. The standard InChI is InChI=1S/C21H16ClFN2O3/c1-28-19-11-8-14(23)12-17(19)21(27)25-18-5-3-2-4-16(18)20(26)24-15-9-6-13(22)7-10-15/h2-12H,1H3,(H,24,26)(H,25,27). The highest BCUT2D eigenvalue weighted by Crippen LogP contribution is 2.23. The quantitative estimate of drug-likeness (QED) is 0.636. The first-order valence-electron chi connectivity index (χ1n) is 8.29. The number of nitrogens with one attached hydrogen (secondary N) is 2. The minimum atomic E-state index is -0.594. The van der Waals surface area contributed by atoms with Crippen LogP contribution in [-0.4, -0.2) is 18.9 Å². The molecule has 3 aromatic carbocycles. The van der Waals surface area contributed by atoms with Gasteiger partial charge in [-0.2, -0.15) is 0 Å². The predicted octanol–water partition coefficient (Wildman–Crippen LogP) is 4.99. The van der Waals surface area contributed by atoms with Gasteiger partial charge in [-0.1, -0.05) is 23.7 Å². The molecule has 142 valence electrons. The van der Waals surface area contributed by atoms with E-state index in [0.717, 1.165) is 6.07 Å². The number of carbonyl (C=O) groups is 2. The molecule has 0 atom stereocenters. The van der Waals surface area contributed by atoms with Gasteiger partial charge in [0.15, 0.2) is 0 Å². The van der Waals surface area contributed by atoms with Gasteiger partial charge < -0.3 is 15.4 Å². The number of ether oxygens (including phenoxy) is 1. The molecule has 0 radical (unpaired) electrons. The summed E-state index contributed by atoms with van der Waals surface area (Å²) in [6, 6.07) is 16.8. The van der Waals surface area contributed by atoms with Crippen molar-refractivity contribution in [1.29, 1.82) is 0 Å². The molecule has 28 heavy (non-hydrogen) atoms. The topological polar surface area (TPSA) is 67.4 Å². The van der Waals surface area contributed by atoms with E-state index in [4.69, 9.17) is 16.3 Å². The number of hydrogen-bond donors (Lipinski definition) is 2. The van der Waals surface area contributed by atoms with Crippen molar-refractivity contribution in [3.63, 3.8) is 0 Å². The lowest BCUT2D eigenvalue weighted by Crippen LogP contribution is -2.18. The van der Waals surface area contributed by atoms with Crippen LogP contribution in [0.3, 0.4) is 0 Å². The Labute approximate surface area is 166 Å². The smallest absolute Gasteiger partial charge is 0.259 e. The number of para-hydroxylation sites is 1. The zero-order valence-corrected chi connectivity index (χ0v) is 15.6. The monoisotopic (exact) mass is 398 g/mol. The van der Waals surface area contributed by atoms with Gasteiger partial charge in [0.25, 0.3) is 11.8 Å². The van der Waals surface area contributed by atoms with Crippen LogP contribution in [-0.2, 0) is 0 Å². The van der Waals surface area contributed by atoms with Crippen molar-refractivity contribution in [2.24, 2.45) is 0 Å². The van der Waals surface area contributed by atoms with Gasteiger partial charge >= 0.3 is 0 Å². The molecule has 2 N–H and O–H groups in total. The van der Waals surface area contributed by atoms with Crippen molar-refractivity contribution >= 4 is 34.8 Å². The molecule has 0 fully saturated rings. The van der Waals surface area contributed by atoms with Gasteiger partial charge in [-0.15, -0.1) is 0 Å². The van der Waals surface area contributed by atoms with E-state index in [1.54, 1.807) is 48.5 Å². The van der Waals surface area contributed by atoms with Crippen molar-refractivity contribution in [2.45, 2.75) is 0 Å². The number of halogens is 2. The molecule has 0 spiro atoms. The zero-order chi connectivity index (χ0) is 20.1. The molecule has 0 aliphatic rings. The minimum absolute atomic E-state index is 0.0235. The number of benzene rings is 3. The Hall–Kier alpha value is -3.38. The lowest BCUT2D eigenvalue weighted by molar-refractivity contribution is 0.102. The normalized spacial score (nSPS) is 10.2. The number of methoxy groups -OCH3 is 1. The minimum Gasteiger partial charge on any atom is -0.496 e. The molecule has 0 aliphatic carbocycles. The fraction of sp³-hybridized carbons (Fsp3) is 0.0476. The summed E-state index contributed by atoms with van der Waals surface area (Å²) in [6.45, 7) is 0. The van der Waals surface area contributed by atoms with Crippen LogP contribution in [0.5, 0.6) is 5.75 Å². The van der Waals surface area contributed by atoms with Gasteiger partial charge in [-0.25, -0.2) is 4.39 Å². The van der Waals surface area contributed by atoms with Gasteiger partial charge in [0.2, 0.25) is 0 Å². The van der Waals surface area contributed by atoms with E-state index in [1.165, 1.54) is 19.2 Å². The molecule has 0 unspecified atom stereocenters. The summed E-state index contributed by atoms with van der Waals surface area (Å²) in [4.78, 5) is 25.2. The van der Waals surface area contributed by atoms with Crippen LogP contribution in [0.25, 0.3) is 0 Å². The van der Waals surface area contributed by atoms with E-state index in [0.29, 0.717) is 10.7 Å². The lowest BCUT2D eigenvalue weighted by Gasteiger charge is -2.13. The molecule has 7 heteroatoms. The van der Waals surface area contributed by atoms with Crippen molar-refractivity contribution in [3.8, 4) is 5.75 Å². The third kappa shape index (κ3) is 4.47. The summed E-state index contributed by atoms with van der Waals surface area (Å²) in [5, 5.41) is 5.92. The third-order valence-electron chi connectivity index (χ3n) is 3.93. The molecular weight excluding hydrogens is 383 g/mol. The van der Waals surface area contributed by atoms with E-state index >= 15 is 0 Å². The molecule has 0 bridgehead atoms. The summed E-state index contributed by atoms with van der Waals surface area (Å²) >= 11 is 5.84. The highest BCUT2D eigenvalue weighted by atomic mass is 35.5. The largest absolute Gasteiger partial charge is 0.496 e. The molecule has 0 aromatic heterocycles. The van der Waals surface area contributed by atoms with Crippen LogP contribution >= 0.6 is 11.6 Å². The molecule has 0 saturated heterocycles. The van der Waals surface area contributed by atoms with Crippen LogP contribution in [0, 0.1) is 5.82 Å². The van der Waals surface area contributed by atoms with Gasteiger partial charge in [0.1, 0.15) is 11.6 Å². The van der Waals surface area contributed by atoms with E-state index < -0.39 is 17.6 Å². The summed E-state index contributed by atoms with van der Waals surface area (Å²) < 4.78 is 18.7. The summed E-state index contributed by atoms with van der Waals surface area (Å²) in [6.07, 6.45) is 0. The first-order chi connectivity index (χ1) is 13.5. The first kappa shape index (κ1) is 19.4. The Bertz CT molecular complexity index is 1020. The first-order valence-corrected chi connectivity index (χ1v) is 8.66. The maximum absolute atomic E-state index is 13.6. The molecule has 5 nitrogen and oxygen atoms in total. The number of amides is 2. The Morgan fingerprint density at radius 2 is 1.57 bits per heavy atom. The Balaban J connectivity index is 1.84. The number of carbonyl (C=O) groups excluding carboxylic acids is 2. The second-order valence-electron chi connectivity index (χ2n) is 5.81. The average molecular weight is 399 g/mol. The van der Waals surface area contributed by atoms with Crippen LogP contribution in [0.15, 0.2) is 66.7 Å². The van der Waals surface area contributed by atoms with E-state index in [2.05, 4.69) is 10.6 Å².